The van der Waals surface area contributed by atoms with E-state index in [4.69, 9.17) is 9.47 Å². The van der Waals surface area contributed by atoms with Crippen LogP contribution >= 0.6 is 0 Å². The van der Waals surface area contributed by atoms with Crippen LogP contribution in [-0.4, -0.2) is 34.8 Å². The van der Waals surface area contributed by atoms with Gasteiger partial charge in [-0.2, -0.15) is 0 Å². The largest absolute Gasteiger partial charge is 0.385 e. The highest BCUT2D eigenvalue weighted by Gasteiger charge is 2.34. The molecule has 6 nitrogen and oxygen atoms in total. The minimum Gasteiger partial charge on any atom is -0.385 e. The van der Waals surface area contributed by atoms with Gasteiger partial charge in [0.1, 0.15) is 22.8 Å². The molecule has 0 spiro atoms. The molecule has 0 aliphatic rings. The molecule has 1 aromatic carbocycles. The van der Waals surface area contributed by atoms with E-state index in [0.29, 0.717) is 24.5 Å². The summed E-state index contributed by atoms with van der Waals surface area (Å²) in [5, 5.41) is 0. The molecule has 0 aliphatic heterocycles. The SMILES string of the molecule is CCC(CCCOC)(OC)c1ncc2c(=O)n(Cc3cccc(F)c3)c(C)cn12. The van der Waals surface area contributed by atoms with Gasteiger partial charge in [0, 0.05) is 32.7 Å². The second-order valence-electron chi connectivity index (χ2n) is 7.28. The van der Waals surface area contributed by atoms with Crippen molar-refractivity contribution in [3.63, 3.8) is 0 Å². The molecule has 1 atom stereocenters. The lowest BCUT2D eigenvalue weighted by molar-refractivity contribution is -0.0386. The van der Waals surface area contributed by atoms with E-state index in [2.05, 4.69) is 11.9 Å². The first-order valence-electron chi connectivity index (χ1n) is 9.82. The smallest absolute Gasteiger partial charge is 0.276 e. The molecular formula is C22H28FN3O3. The summed E-state index contributed by atoms with van der Waals surface area (Å²) in [6.07, 6.45) is 5.77. The van der Waals surface area contributed by atoms with Crippen LogP contribution in [-0.2, 0) is 21.6 Å². The fourth-order valence-corrected chi connectivity index (χ4v) is 3.84. The monoisotopic (exact) mass is 401 g/mol. The van der Waals surface area contributed by atoms with Crippen molar-refractivity contribution in [3.05, 3.63) is 69.9 Å². The van der Waals surface area contributed by atoms with Crippen LogP contribution in [0.15, 0.2) is 41.5 Å². The number of imidazole rings is 1. The van der Waals surface area contributed by atoms with E-state index in [1.807, 2.05) is 23.6 Å². The minimum atomic E-state index is -0.599. The summed E-state index contributed by atoms with van der Waals surface area (Å²) in [6.45, 7) is 4.86. The molecule has 0 fully saturated rings. The van der Waals surface area contributed by atoms with Crippen LogP contribution in [0.4, 0.5) is 4.39 Å². The first kappa shape index (κ1) is 21.2. The zero-order valence-electron chi connectivity index (χ0n) is 17.4. The molecule has 29 heavy (non-hydrogen) atoms. The van der Waals surface area contributed by atoms with Gasteiger partial charge in [-0.1, -0.05) is 19.1 Å². The molecule has 7 heteroatoms. The summed E-state index contributed by atoms with van der Waals surface area (Å²) in [6, 6.07) is 6.30. The summed E-state index contributed by atoms with van der Waals surface area (Å²) in [7, 11) is 3.35. The number of hydrogen-bond acceptors (Lipinski definition) is 4. The van der Waals surface area contributed by atoms with Crippen molar-refractivity contribution in [2.24, 2.45) is 0 Å². The Labute approximate surface area is 169 Å². The molecule has 2 heterocycles. The van der Waals surface area contributed by atoms with E-state index in [9.17, 15) is 9.18 Å². The number of fused-ring (bicyclic) bond motifs is 1. The van der Waals surface area contributed by atoms with Crippen LogP contribution in [0.3, 0.4) is 0 Å². The van der Waals surface area contributed by atoms with Gasteiger partial charge in [0.25, 0.3) is 5.56 Å². The van der Waals surface area contributed by atoms with Gasteiger partial charge in [0.15, 0.2) is 0 Å². The number of halogens is 1. The van der Waals surface area contributed by atoms with E-state index in [0.717, 1.165) is 30.5 Å². The highest BCUT2D eigenvalue weighted by atomic mass is 19.1. The second-order valence-corrected chi connectivity index (χ2v) is 7.28. The zero-order valence-corrected chi connectivity index (χ0v) is 17.4. The summed E-state index contributed by atoms with van der Waals surface area (Å²) < 4.78 is 28.1. The third-order valence-electron chi connectivity index (χ3n) is 5.53. The van der Waals surface area contributed by atoms with E-state index < -0.39 is 5.60 Å². The summed E-state index contributed by atoms with van der Waals surface area (Å²) in [4.78, 5) is 17.7. The van der Waals surface area contributed by atoms with Crippen LogP contribution in [0.2, 0.25) is 0 Å². The predicted molar refractivity (Wildman–Crippen MR) is 110 cm³/mol. The van der Waals surface area contributed by atoms with E-state index in [-0.39, 0.29) is 11.4 Å². The van der Waals surface area contributed by atoms with Crippen LogP contribution in [0.25, 0.3) is 5.52 Å². The van der Waals surface area contributed by atoms with Gasteiger partial charge in [0.2, 0.25) is 0 Å². The molecular weight excluding hydrogens is 373 g/mol. The van der Waals surface area contributed by atoms with Crippen molar-refractivity contribution in [2.75, 3.05) is 20.8 Å². The number of rotatable bonds is 9. The van der Waals surface area contributed by atoms with Gasteiger partial charge in [-0.15, -0.1) is 0 Å². The highest BCUT2D eigenvalue weighted by molar-refractivity contribution is 5.45. The van der Waals surface area contributed by atoms with Crippen LogP contribution in [0.5, 0.6) is 0 Å². The van der Waals surface area contributed by atoms with Crippen molar-refractivity contribution in [3.8, 4) is 0 Å². The lowest BCUT2D eigenvalue weighted by atomic mass is 9.93. The van der Waals surface area contributed by atoms with Crippen molar-refractivity contribution in [1.82, 2.24) is 14.0 Å². The molecule has 0 N–H and O–H groups in total. The Morgan fingerprint density at radius 3 is 2.72 bits per heavy atom. The van der Waals surface area contributed by atoms with Crippen molar-refractivity contribution < 1.29 is 13.9 Å². The molecule has 0 amide bonds. The van der Waals surface area contributed by atoms with Crippen molar-refractivity contribution in [2.45, 2.75) is 45.3 Å². The summed E-state index contributed by atoms with van der Waals surface area (Å²) in [5.74, 6) is 0.400. The van der Waals surface area contributed by atoms with Gasteiger partial charge in [-0.3, -0.25) is 9.20 Å². The highest BCUT2D eigenvalue weighted by Crippen LogP contribution is 2.33. The maximum Gasteiger partial charge on any atom is 0.276 e. The quantitative estimate of drug-likeness (QED) is 0.514. The fourth-order valence-electron chi connectivity index (χ4n) is 3.84. The first-order valence-corrected chi connectivity index (χ1v) is 9.82. The molecule has 0 radical (unpaired) electrons. The third kappa shape index (κ3) is 4.11. The standard InChI is InChI=1S/C22H28FN3O3/c1-5-22(29-4,10-7-11-28-3)21-24-13-19-20(27)25(16(2)14-26(19)21)15-17-8-6-9-18(23)12-17/h6,8-9,12-14H,5,7,10-11,15H2,1-4H3. The van der Waals surface area contributed by atoms with Crippen LogP contribution in [0, 0.1) is 12.7 Å². The van der Waals surface area contributed by atoms with Gasteiger partial charge in [0.05, 0.1) is 12.7 Å². The number of ether oxygens (including phenoxy) is 2. The van der Waals surface area contributed by atoms with Crippen molar-refractivity contribution in [1.29, 1.82) is 0 Å². The molecule has 0 saturated carbocycles. The molecule has 3 rings (SSSR count). The Morgan fingerprint density at radius 2 is 2.07 bits per heavy atom. The van der Waals surface area contributed by atoms with Crippen LogP contribution in [0.1, 0.15) is 43.3 Å². The zero-order chi connectivity index (χ0) is 21.0. The maximum atomic E-state index is 13.5. The molecule has 156 valence electrons. The molecule has 0 saturated heterocycles. The topological polar surface area (TPSA) is 57.8 Å². The third-order valence-corrected chi connectivity index (χ3v) is 5.53. The summed E-state index contributed by atoms with van der Waals surface area (Å²) in [5.41, 5.74) is 1.22. The van der Waals surface area contributed by atoms with Crippen LogP contribution < -0.4 is 5.56 Å². The fraction of sp³-hybridized carbons (Fsp3) is 0.455. The Kier molecular flexibility index (Phi) is 6.49. The first-order chi connectivity index (χ1) is 14.0. The number of benzene rings is 1. The summed E-state index contributed by atoms with van der Waals surface area (Å²) >= 11 is 0. The molecule has 0 aliphatic carbocycles. The number of nitrogens with zero attached hydrogens (tertiary/aromatic N) is 3. The minimum absolute atomic E-state index is 0.161. The van der Waals surface area contributed by atoms with Gasteiger partial charge in [-0.25, -0.2) is 9.37 Å². The second kappa shape index (κ2) is 8.88. The van der Waals surface area contributed by atoms with E-state index in [1.165, 1.54) is 12.1 Å². The Bertz CT molecular complexity index is 1040. The number of hydrogen-bond donors (Lipinski definition) is 0. The Morgan fingerprint density at radius 1 is 1.28 bits per heavy atom. The molecule has 1 unspecified atom stereocenters. The molecule has 0 bridgehead atoms. The Balaban J connectivity index is 2.06. The average Bonchev–Trinajstić information content (AvgIpc) is 3.13. The lowest BCUT2D eigenvalue weighted by Crippen LogP contribution is -2.32. The normalized spacial score (nSPS) is 13.7. The molecule has 3 aromatic rings. The Hall–Kier alpha value is -2.51. The average molecular weight is 401 g/mol. The van der Waals surface area contributed by atoms with Crippen molar-refractivity contribution >= 4 is 5.52 Å². The van der Waals surface area contributed by atoms with E-state index >= 15 is 0 Å². The number of aryl methyl sites for hydroxylation is 1. The van der Waals surface area contributed by atoms with Gasteiger partial charge < -0.3 is 14.0 Å². The maximum absolute atomic E-state index is 13.5. The van der Waals surface area contributed by atoms with Gasteiger partial charge in [-0.05, 0) is 43.9 Å². The van der Waals surface area contributed by atoms with Gasteiger partial charge >= 0.3 is 0 Å². The number of methoxy groups -OCH3 is 2. The lowest BCUT2D eigenvalue weighted by Gasteiger charge is -2.30. The molecule has 2 aromatic heterocycles. The predicted octanol–water partition coefficient (Wildman–Crippen LogP) is 3.67. The van der Waals surface area contributed by atoms with E-state index in [1.54, 1.807) is 31.0 Å². The number of aromatic nitrogens is 3.